The molecule has 0 aliphatic heterocycles. The highest BCUT2D eigenvalue weighted by Gasteiger charge is 1.81. The third kappa shape index (κ3) is 2.91. The molecule has 0 saturated carbocycles. The highest BCUT2D eigenvalue weighted by atomic mass is 15.0. The molecule has 1 aromatic rings. The summed E-state index contributed by atoms with van der Waals surface area (Å²) < 4.78 is 0. The first kappa shape index (κ1) is 8.74. The van der Waals surface area contributed by atoms with E-state index in [4.69, 9.17) is 11.5 Å². The van der Waals surface area contributed by atoms with Crippen molar-refractivity contribution in [1.29, 1.82) is 0 Å². The first-order chi connectivity index (χ1) is 4.79. The average molecular weight is 140 g/mol. The van der Waals surface area contributed by atoms with E-state index in [1.54, 1.807) is 18.2 Å². The van der Waals surface area contributed by atoms with E-state index >= 15 is 0 Å². The SMILES string of the molecule is NN.Nc1cccc(N)c1. The minimum Gasteiger partial charge on any atom is -0.399 e. The summed E-state index contributed by atoms with van der Waals surface area (Å²) in [7, 11) is 0. The van der Waals surface area contributed by atoms with Gasteiger partial charge < -0.3 is 11.5 Å². The first-order valence-electron chi connectivity index (χ1n) is 2.73. The first-order valence-corrected chi connectivity index (χ1v) is 2.73. The van der Waals surface area contributed by atoms with Crippen molar-refractivity contribution in [2.75, 3.05) is 11.5 Å². The summed E-state index contributed by atoms with van der Waals surface area (Å²) in [5.41, 5.74) is 12.2. The minimum atomic E-state index is 0.713. The molecule has 0 bridgehead atoms. The maximum absolute atomic E-state index is 5.38. The molecule has 4 nitrogen and oxygen atoms in total. The Morgan fingerprint density at radius 2 is 1.30 bits per heavy atom. The molecule has 1 aromatic carbocycles. The number of hydrogen-bond donors (Lipinski definition) is 4. The lowest BCUT2D eigenvalue weighted by Crippen LogP contribution is -2.02. The van der Waals surface area contributed by atoms with Gasteiger partial charge in [0.25, 0.3) is 0 Å². The lowest BCUT2D eigenvalue weighted by atomic mass is 10.3. The van der Waals surface area contributed by atoms with Gasteiger partial charge in [-0.15, -0.1) is 0 Å². The number of benzene rings is 1. The lowest BCUT2D eigenvalue weighted by Gasteiger charge is -1.91. The molecule has 0 aliphatic carbocycles. The number of rotatable bonds is 0. The highest BCUT2D eigenvalue weighted by Crippen LogP contribution is 2.06. The van der Waals surface area contributed by atoms with Gasteiger partial charge in [-0.1, -0.05) is 6.07 Å². The summed E-state index contributed by atoms with van der Waals surface area (Å²) >= 11 is 0. The fraction of sp³-hybridized carbons (Fsp3) is 0. The van der Waals surface area contributed by atoms with E-state index in [0.717, 1.165) is 0 Å². The van der Waals surface area contributed by atoms with Crippen LogP contribution in [0.1, 0.15) is 0 Å². The molecule has 8 N–H and O–H groups in total. The fourth-order valence-electron chi connectivity index (χ4n) is 0.559. The summed E-state index contributed by atoms with van der Waals surface area (Å²) in [4.78, 5) is 0. The van der Waals surface area contributed by atoms with Crippen LogP contribution in [0, 0.1) is 0 Å². The van der Waals surface area contributed by atoms with Gasteiger partial charge in [0.15, 0.2) is 0 Å². The van der Waals surface area contributed by atoms with Gasteiger partial charge in [0.1, 0.15) is 0 Å². The normalized spacial score (nSPS) is 7.80. The quantitative estimate of drug-likeness (QED) is 0.225. The molecule has 0 unspecified atom stereocenters. The molecule has 0 spiro atoms. The molecule has 0 radical (unpaired) electrons. The topological polar surface area (TPSA) is 104 Å². The van der Waals surface area contributed by atoms with Crippen molar-refractivity contribution in [3.63, 3.8) is 0 Å². The van der Waals surface area contributed by atoms with E-state index in [1.165, 1.54) is 0 Å². The number of anilines is 2. The van der Waals surface area contributed by atoms with E-state index in [1.807, 2.05) is 6.07 Å². The Kier molecular flexibility index (Phi) is 4.02. The Labute approximate surface area is 59.8 Å². The molecule has 1 rings (SSSR count). The standard InChI is InChI=1S/C6H8N2.H4N2/c7-5-2-1-3-6(8)4-5;1-2/h1-4H,7-8H2;1-2H2. The predicted octanol–water partition coefficient (Wildman–Crippen LogP) is -0.330. The van der Waals surface area contributed by atoms with Crippen LogP contribution in [0.25, 0.3) is 0 Å². The highest BCUT2D eigenvalue weighted by molar-refractivity contribution is 5.50. The maximum Gasteiger partial charge on any atom is 0.0334 e. The van der Waals surface area contributed by atoms with Crippen LogP contribution in [-0.2, 0) is 0 Å². The fourth-order valence-corrected chi connectivity index (χ4v) is 0.559. The van der Waals surface area contributed by atoms with E-state index in [2.05, 4.69) is 11.7 Å². The molecular weight excluding hydrogens is 128 g/mol. The number of hydrogen-bond acceptors (Lipinski definition) is 4. The molecule has 0 aromatic heterocycles. The van der Waals surface area contributed by atoms with E-state index in [9.17, 15) is 0 Å². The molecule has 0 saturated heterocycles. The van der Waals surface area contributed by atoms with Crippen molar-refractivity contribution < 1.29 is 0 Å². The smallest absolute Gasteiger partial charge is 0.0334 e. The predicted molar refractivity (Wildman–Crippen MR) is 43.6 cm³/mol. The van der Waals surface area contributed by atoms with Crippen LogP contribution < -0.4 is 23.2 Å². The maximum atomic E-state index is 5.38. The molecule has 0 fully saturated rings. The van der Waals surface area contributed by atoms with Gasteiger partial charge in [-0.3, -0.25) is 11.7 Å². The van der Waals surface area contributed by atoms with Crippen molar-refractivity contribution in [3.05, 3.63) is 24.3 Å². The van der Waals surface area contributed by atoms with Crippen LogP contribution in [0.3, 0.4) is 0 Å². The molecule has 56 valence electrons. The lowest BCUT2D eigenvalue weighted by molar-refractivity contribution is 1.26. The summed E-state index contributed by atoms with van der Waals surface area (Å²) in [6.07, 6.45) is 0. The Morgan fingerprint density at radius 1 is 0.900 bits per heavy atom. The van der Waals surface area contributed by atoms with Crippen molar-refractivity contribution in [2.24, 2.45) is 11.7 Å². The largest absolute Gasteiger partial charge is 0.399 e. The number of hydrazine groups is 1. The minimum absolute atomic E-state index is 0.713. The van der Waals surface area contributed by atoms with Gasteiger partial charge in [-0.05, 0) is 18.2 Å². The Bertz CT molecular complexity index is 170. The van der Waals surface area contributed by atoms with Crippen molar-refractivity contribution in [3.8, 4) is 0 Å². The second kappa shape index (κ2) is 4.60. The molecule has 10 heavy (non-hydrogen) atoms. The van der Waals surface area contributed by atoms with Crippen LogP contribution >= 0.6 is 0 Å². The van der Waals surface area contributed by atoms with Crippen LogP contribution in [0.5, 0.6) is 0 Å². The molecule has 0 atom stereocenters. The van der Waals surface area contributed by atoms with E-state index < -0.39 is 0 Å². The molecule has 0 aliphatic rings. The van der Waals surface area contributed by atoms with Crippen molar-refractivity contribution in [2.45, 2.75) is 0 Å². The summed E-state index contributed by atoms with van der Waals surface area (Å²) in [5.74, 6) is 8.00. The molecule has 4 heteroatoms. The summed E-state index contributed by atoms with van der Waals surface area (Å²) in [5, 5.41) is 0. The van der Waals surface area contributed by atoms with Crippen LogP contribution in [-0.4, -0.2) is 0 Å². The number of nitrogen functional groups attached to an aromatic ring is 2. The summed E-state index contributed by atoms with van der Waals surface area (Å²) in [6.45, 7) is 0. The zero-order chi connectivity index (χ0) is 7.98. The zero-order valence-electron chi connectivity index (χ0n) is 5.62. The average Bonchev–Trinajstić information content (AvgIpc) is 1.91. The Hall–Kier alpha value is -1.26. The van der Waals surface area contributed by atoms with Crippen LogP contribution in [0.15, 0.2) is 24.3 Å². The van der Waals surface area contributed by atoms with Gasteiger partial charge in [0.05, 0.1) is 0 Å². The zero-order valence-corrected chi connectivity index (χ0v) is 5.62. The van der Waals surface area contributed by atoms with Gasteiger partial charge in [-0.2, -0.15) is 0 Å². The number of nitrogens with two attached hydrogens (primary N) is 4. The van der Waals surface area contributed by atoms with Crippen molar-refractivity contribution >= 4 is 11.4 Å². The van der Waals surface area contributed by atoms with Gasteiger partial charge in [0.2, 0.25) is 0 Å². The summed E-state index contributed by atoms with van der Waals surface area (Å²) in [6, 6.07) is 7.15. The second-order valence-electron chi connectivity index (χ2n) is 1.67. The molecular formula is C6H12N4. The van der Waals surface area contributed by atoms with E-state index in [0.29, 0.717) is 11.4 Å². The third-order valence-corrected chi connectivity index (χ3v) is 0.911. The van der Waals surface area contributed by atoms with Crippen LogP contribution in [0.2, 0.25) is 0 Å². The third-order valence-electron chi connectivity index (χ3n) is 0.911. The van der Waals surface area contributed by atoms with Crippen molar-refractivity contribution in [1.82, 2.24) is 0 Å². The van der Waals surface area contributed by atoms with E-state index in [-0.39, 0.29) is 0 Å². The molecule has 0 heterocycles. The van der Waals surface area contributed by atoms with Crippen LogP contribution in [0.4, 0.5) is 11.4 Å². The molecule has 0 amide bonds. The van der Waals surface area contributed by atoms with Gasteiger partial charge in [0, 0.05) is 11.4 Å². The monoisotopic (exact) mass is 140 g/mol. The Morgan fingerprint density at radius 3 is 1.50 bits per heavy atom. The van der Waals surface area contributed by atoms with Gasteiger partial charge >= 0.3 is 0 Å². The Balaban J connectivity index is 0.000000371. The van der Waals surface area contributed by atoms with Gasteiger partial charge in [-0.25, -0.2) is 0 Å². The second-order valence-corrected chi connectivity index (χ2v) is 1.67.